The molecule has 0 spiro atoms. The zero-order chi connectivity index (χ0) is 24.1. The third kappa shape index (κ3) is 7.15. The lowest BCUT2D eigenvalue weighted by Gasteiger charge is -2.12. The Hall–Kier alpha value is -2.23. The first-order chi connectivity index (χ1) is 15.0. The van der Waals surface area contributed by atoms with Gasteiger partial charge in [-0.25, -0.2) is 13.8 Å². The predicted octanol–water partition coefficient (Wildman–Crippen LogP) is 5.79. The molecule has 3 N–H and O–H groups in total. The number of nitrogens with two attached hydrogens (primary N) is 1. The second kappa shape index (κ2) is 11.1. The number of hydrogen-bond donors (Lipinski definition) is 2. The highest BCUT2D eigenvalue weighted by molar-refractivity contribution is 5.61. The fourth-order valence-electron chi connectivity index (χ4n) is 3.76. The zero-order valence-electron chi connectivity index (χ0n) is 18.8. The van der Waals surface area contributed by atoms with Crippen molar-refractivity contribution in [3.05, 3.63) is 30.1 Å². The van der Waals surface area contributed by atoms with Crippen LogP contribution in [0.3, 0.4) is 0 Å². The molecule has 2 aliphatic carbocycles. The normalized spacial score (nSPS) is 21.5. The van der Waals surface area contributed by atoms with Gasteiger partial charge in [-0.2, -0.15) is 18.3 Å². The summed E-state index contributed by atoms with van der Waals surface area (Å²) in [5.41, 5.74) is 5.04. The molecule has 2 saturated carbocycles. The molecular weight excluding hydrogens is 429 g/mol. The topological polar surface area (TPSA) is 68.8 Å². The van der Waals surface area contributed by atoms with Crippen molar-refractivity contribution >= 4 is 5.82 Å². The number of nitrogens with zero attached hydrogens (tertiary/aromatic N) is 3. The molecule has 2 unspecified atom stereocenters. The third-order valence-electron chi connectivity index (χ3n) is 5.46. The van der Waals surface area contributed by atoms with E-state index in [-0.39, 0.29) is 12.6 Å². The lowest BCUT2D eigenvalue weighted by Crippen LogP contribution is -2.31. The summed E-state index contributed by atoms with van der Waals surface area (Å²) in [6.07, 6.45) is -0.0804. The Kier molecular flexibility index (Phi) is 9.00. The predicted molar refractivity (Wildman–Crippen MR) is 115 cm³/mol. The quantitative estimate of drug-likeness (QED) is 0.553. The summed E-state index contributed by atoms with van der Waals surface area (Å²) in [5, 5.41) is 7.09. The number of hydrogen-bond acceptors (Lipinski definition) is 4. The van der Waals surface area contributed by atoms with E-state index in [2.05, 4.69) is 15.4 Å². The molecule has 32 heavy (non-hydrogen) atoms. The minimum absolute atomic E-state index is 0.121. The molecular formula is C22H32F5N5. The van der Waals surface area contributed by atoms with Gasteiger partial charge >= 0.3 is 6.18 Å². The SMILES string of the molecule is CC.CC(C)n1ccc(-c2cnc(N)c(C(F)(F)F)c2)n1.FC(F)CNC1CC2C[C@H]2C1. The maximum absolute atomic E-state index is 12.7. The number of halogens is 5. The van der Waals surface area contributed by atoms with Crippen LogP contribution < -0.4 is 11.1 Å². The van der Waals surface area contributed by atoms with Crippen LogP contribution in [-0.4, -0.2) is 33.8 Å². The first-order valence-corrected chi connectivity index (χ1v) is 10.9. The smallest absolute Gasteiger partial charge is 0.383 e. The van der Waals surface area contributed by atoms with E-state index in [1.54, 1.807) is 16.9 Å². The van der Waals surface area contributed by atoms with E-state index in [0.717, 1.165) is 30.7 Å². The molecule has 4 rings (SSSR count). The van der Waals surface area contributed by atoms with Crippen LogP contribution in [0, 0.1) is 11.8 Å². The number of alkyl halides is 5. The van der Waals surface area contributed by atoms with E-state index in [4.69, 9.17) is 5.73 Å². The fourth-order valence-corrected chi connectivity index (χ4v) is 3.76. The van der Waals surface area contributed by atoms with Crippen LogP contribution in [0.1, 0.15) is 58.6 Å². The van der Waals surface area contributed by atoms with Crippen molar-refractivity contribution in [2.45, 2.75) is 71.6 Å². The number of aromatic nitrogens is 3. The lowest BCUT2D eigenvalue weighted by molar-refractivity contribution is -0.137. The number of pyridine rings is 1. The third-order valence-corrected chi connectivity index (χ3v) is 5.46. The Morgan fingerprint density at radius 1 is 1.16 bits per heavy atom. The van der Waals surface area contributed by atoms with E-state index in [1.165, 1.54) is 12.6 Å². The van der Waals surface area contributed by atoms with Crippen LogP contribution in [0.25, 0.3) is 11.3 Å². The van der Waals surface area contributed by atoms with Gasteiger partial charge in [0.15, 0.2) is 0 Å². The Labute approximate surface area is 185 Å². The highest BCUT2D eigenvalue weighted by Crippen LogP contribution is 2.51. The van der Waals surface area contributed by atoms with Gasteiger partial charge < -0.3 is 11.1 Å². The lowest BCUT2D eigenvalue weighted by atomic mass is 10.1. The molecule has 10 heteroatoms. The Morgan fingerprint density at radius 2 is 1.78 bits per heavy atom. The maximum Gasteiger partial charge on any atom is 0.419 e. The van der Waals surface area contributed by atoms with Crippen molar-refractivity contribution in [3.8, 4) is 11.3 Å². The molecule has 0 saturated heterocycles. The van der Waals surface area contributed by atoms with Gasteiger partial charge in [0.1, 0.15) is 5.82 Å². The summed E-state index contributed by atoms with van der Waals surface area (Å²) in [5.74, 6) is 1.23. The van der Waals surface area contributed by atoms with Gasteiger partial charge in [0, 0.05) is 30.0 Å². The van der Waals surface area contributed by atoms with Gasteiger partial charge in [0.25, 0.3) is 6.43 Å². The molecule has 0 amide bonds. The maximum atomic E-state index is 12.7. The molecule has 0 aliphatic heterocycles. The molecule has 0 aromatic carbocycles. The minimum Gasteiger partial charge on any atom is -0.383 e. The summed E-state index contributed by atoms with van der Waals surface area (Å²) >= 11 is 0. The summed E-state index contributed by atoms with van der Waals surface area (Å²) in [4.78, 5) is 3.58. The number of nitrogens with one attached hydrogen (secondary N) is 1. The van der Waals surface area contributed by atoms with E-state index >= 15 is 0 Å². The summed E-state index contributed by atoms with van der Waals surface area (Å²) in [6, 6.07) is 3.15. The van der Waals surface area contributed by atoms with Gasteiger partial charge in [-0.05, 0) is 57.1 Å². The highest BCUT2D eigenvalue weighted by Gasteiger charge is 2.45. The number of fused-ring (bicyclic) bond motifs is 1. The molecule has 2 aromatic heterocycles. The van der Waals surface area contributed by atoms with Gasteiger partial charge in [0.2, 0.25) is 0 Å². The van der Waals surface area contributed by atoms with Crippen LogP contribution in [0.5, 0.6) is 0 Å². The molecule has 2 fully saturated rings. The standard InChI is InChI=1S/C12H13F3N4.C8H13F2N.C2H6/c1-7(2)19-4-3-10(18-19)8-5-9(12(13,14)15)11(16)17-6-8;9-8(10)4-11-7-2-5-1-6(5)3-7;1-2/h3-7H,1-2H3,(H2,16,17);5-8,11H,1-4H2;1-2H3/t;5-,6?,7?;/m.0./s1. The van der Waals surface area contributed by atoms with Crippen LogP contribution in [0.2, 0.25) is 0 Å². The summed E-state index contributed by atoms with van der Waals surface area (Å²) < 4.78 is 63.3. The summed E-state index contributed by atoms with van der Waals surface area (Å²) in [7, 11) is 0. The monoisotopic (exact) mass is 461 g/mol. The molecule has 3 atom stereocenters. The van der Waals surface area contributed by atoms with Crippen molar-refractivity contribution in [1.29, 1.82) is 0 Å². The molecule has 0 bridgehead atoms. The molecule has 2 aliphatic rings. The minimum atomic E-state index is -4.52. The largest absolute Gasteiger partial charge is 0.419 e. The molecule has 2 aromatic rings. The Bertz CT molecular complexity index is 839. The molecule has 2 heterocycles. The van der Waals surface area contributed by atoms with Gasteiger partial charge in [-0.15, -0.1) is 0 Å². The van der Waals surface area contributed by atoms with Crippen LogP contribution in [-0.2, 0) is 6.18 Å². The number of anilines is 1. The fraction of sp³-hybridized carbons (Fsp3) is 0.636. The first kappa shape index (κ1) is 26.0. The van der Waals surface area contributed by atoms with E-state index in [9.17, 15) is 22.0 Å². The average molecular weight is 462 g/mol. The van der Waals surface area contributed by atoms with Crippen LogP contribution in [0.15, 0.2) is 24.5 Å². The Morgan fingerprint density at radius 3 is 2.28 bits per heavy atom. The first-order valence-electron chi connectivity index (χ1n) is 10.9. The van der Waals surface area contributed by atoms with Gasteiger partial charge in [0.05, 0.1) is 17.8 Å². The van der Waals surface area contributed by atoms with E-state index in [0.29, 0.717) is 17.3 Å². The van der Waals surface area contributed by atoms with Gasteiger partial charge in [-0.3, -0.25) is 4.68 Å². The number of rotatable bonds is 5. The number of nitrogen functional groups attached to an aromatic ring is 1. The van der Waals surface area contributed by atoms with Gasteiger partial charge in [-0.1, -0.05) is 13.8 Å². The average Bonchev–Trinajstić information content (AvgIpc) is 3.13. The van der Waals surface area contributed by atoms with E-state index < -0.39 is 24.0 Å². The van der Waals surface area contributed by atoms with Crippen molar-refractivity contribution in [3.63, 3.8) is 0 Å². The second-order valence-electron chi connectivity index (χ2n) is 8.15. The summed E-state index contributed by atoms with van der Waals surface area (Å²) in [6.45, 7) is 7.74. The van der Waals surface area contributed by atoms with E-state index in [1.807, 2.05) is 27.7 Å². The molecule has 5 nitrogen and oxygen atoms in total. The van der Waals surface area contributed by atoms with Crippen molar-refractivity contribution in [2.24, 2.45) is 11.8 Å². The van der Waals surface area contributed by atoms with Crippen LogP contribution >= 0.6 is 0 Å². The van der Waals surface area contributed by atoms with Crippen molar-refractivity contribution in [1.82, 2.24) is 20.1 Å². The molecule has 180 valence electrons. The zero-order valence-corrected chi connectivity index (χ0v) is 18.8. The Balaban J connectivity index is 0.000000236. The highest BCUT2D eigenvalue weighted by atomic mass is 19.4. The van der Waals surface area contributed by atoms with Crippen molar-refractivity contribution in [2.75, 3.05) is 12.3 Å². The van der Waals surface area contributed by atoms with Crippen LogP contribution in [0.4, 0.5) is 27.8 Å². The van der Waals surface area contributed by atoms with Crippen molar-refractivity contribution < 1.29 is 22.0 Å². The molecule has 0 radical (unpaired) electrons. The second-order valence-corrected chi connectivity index (χ2v) is 8.15.